The van der Waals surface area contributed by atoms with Crippen LogP contribution >= 0.6 is 23.2 Å². The van der Waals surface area contributed by atoms with E-state index in [-0.39, 0.29) is 45.6 Å². The van der Waals surface area contributed by atoms with Crippen LogP contribution in [0.5, 0.6) is 5.75 Å². The van der Waals surface area contributed by atoms with Crippen molar-refractivity contribution in [1.29, 1.82) is 0 Å². The van der Waals surface area contributed by atoms with Gasteiger partial charge in [-0.3, -0.25) is 19.2 Å². The molecule has 0 bridgehead atoms. The number of benzene rings is 1. The molecular formula is C19H20Cl2N4O6. The summed E-state index contributed by atoms with van der Waals surface area (Å²) in [5, 5.41) is 15.3. The molecule has 2 rings (SSSR count). The van der Waals surface area contributed by atoms with Crippen molar-refractivity contribution in [2.45, 2.75) is 19.4 Å². The Balaban J connectivity index is 2.13. The van der Waals surface area contributed by atoms with Crippen molar-refractivity contribution < 1.29 is 24.2 Å². The molecule has 1 atom stereocenters. The summed E-state index contributed by atoms with van der Waals surface area (Å²) in [6.45, 7) is 1.28. The number of phenols is 1. The second-order valence-electron chi connectivity index (χ2n) is 6.31. The first-order valence-electron chi connectivity index (χ1n) is 9.01. The van der Waals surface area contributed by atoms with Crippen molar-refractivity contribution in [3.63, 3.8) is 0 Å². The molecule has 1 aromatic carbocycles. The van der Waals surface area contributed by atoms with Gasteiger partial charge in [0.1, 0.15) is 5.75 Å². The lowest BCUT2D eigenvalue weighted by atomic mass is 10.0. The molecule has 0 aliphatic carbocycles. The maximum Gasteiger partial charge on any atom is 0.308 e. The van der Waals surface area contributed by atoms with Crippen molar-refractivity contribution in [2.24, 2.45) is 0 Å². The number of hydrogen-bond acceptors (Lipinski definition) is 7. The van der Waals surface area contributed by atoms with Crippen molar-refractivity contribution in [2.75, 3.05) is 18.9 Å². The number of nitrogens with two attached hydrogens (primary N) is 1. The summed E-state index contributed by atoms with van der Waals surface area (Å²) >= 11 is 11.9. The molecule has 12 heteroatoms. The number of rotatable bonds is 8. The second-order valence-corrected chi connectivity index (χ2v) is 7.15. The zero-order valence-corrected chi connectivity index (χ0v) is 17.8. The van der Waals surface area contributed by atoms with Crippen LogP contribution in [0, 0.1) is 0 Å². The monoisotopic (exact) mass is 470 g/mol. The fourth-order valence-corrected chi connectivity index (χ4v) is 3.13. The van der Waals surface area contributed by atoms with Crippen LogP contribution in [0.3, 0.4) is 0 Å². The molecule has 6 N–H and O–H groups in total. The van der Waals surface area contributed by atoms with Crippen molar-refractivity contribution >= 4 is 46.7 Å². The zero-order chi connectivity index (χ0) is 23.1. The lowest BCUT2D eigenvalue weighted by molar-refractivity contribution is -0.143. The van der Waals surface area contributed by atoms with E-state index in [1.165, 1.54) is 18.2 Å². The van der Waals surface area contributed by atoms with Gasteiger partial charge in [-0.15, -0.1) is 0 Å². The molecule has 10 nitrogen and oxygen atoms in total. The third-order valence-corrected chi connectivity index (χ3v) is 4.55. The zero-order valence-electron chi connectivity index (χ0n) is 16.3. The van der Waals surface area contributed by atoms with Gasteiger partial charge in [0.25, 0.3) is 11.5 Å². The SMILES string of the molecule is CCOC(=O)C[C@H](NC(=O)CNC(=O)c1c[nH]c(=O)c(N)c1)c1cc(Cl)cc(Cl)c1O. The van der Waals surface area contributed by atoms with Gasteiger partial charge < -0.3 is 31.2 Å². The van der Waals surface area contributed by atoms with Gasteiger partial charge in [0.15, 0.2) is 0 Å². The first-order valence-corrected chi connectivity index (χ1v) is 9.77. The van der Waals surface area contributed by atoms with E-state index >= 15 is 0 Å². The Morgan fingerprint density at radius 3 is 2.61 bits per heavy atom. The topological polar surface area (TPSA) is 164 Å². The molecule has 0 radical (unpaired) electrons. The van der Waals surface area contributed by atoms with E-state index in [0.29, 0.717) is 0 Å². The second kappa shape index (κ2) is 10.7. The van der Waals surface area contributed by atoms with E-state index in [9.17, 15) is 24.3 Å². The molecule has 0 saturated heterocycles. The number of nitrogens with one attached hydrogen (secondary N) is 3. The molecular weight excluding hydrogens is 451 g/mol. The molecule has 2 amide bonds. The van der Waals surface area contributed by atoms with E-state index in [4.69, 9.17) is 33.7 Å². The smallest absolute Gasteiger partial charge is 0.308 e. The van der Waals surface area contributed by atoms with Crippen LogP contribution in [-0.4, -0.2) is 41.0 Å². The molecule has 0 unspecified atom stereocenters. The summed E-state index contributed by atoms with van der Waals surface area (Å²) in [4.78, 5) is 50.1. The predicted molar refractivity (Wildman–Crippen MR) is 114 cm³/mol. The number of carbonyl (C=O) groups excluding carboxylic acids is 3. The Morgan fingerprint density at radius 2 is 1.97 bits per heavy atom. The number of phenolic OH excluding ortho intramolecular Hbond substituents is 1. The van der Waals surface area contributed by atoms with Crippen LogP contribution in [0.1, 0.15) is 35.3 Å². The van der Waals surface area contributed by atoms with E-state index in [1.54, 1.807) is 6.92 Å². The number of pyridine rings is 1. The maximum atomic E-state index is 12.4. The van der Waals surface area contributed by atoms with Gasteiger partial charge in [0, 0.05) is 16.8 Å². The summed E-state index contributed by atoms with van der Waals surface area (Å²) < 4.78 is 4.90. The molecule has 1 aromatic heterocycles. The van der Waals surface area contributed by atoms with Gasteiger partial charge in [-0.25, -0.2) is 0 Å². The Hall–Kier alpha value is -3.24. The van der Waals surface area contributed by atoms with E-state index in [2.05, 4.69) is 15.6 Å². The van der Waals surface area contributed by atoms with E-state index in [1.807, 2.05) is 0 Å². The normalized spacial score (nSPS) is 11.5. The Kier molecular flexibility index (Phi) is 8.29. The maximum absolute atomic E-state index is 12.4. The highest BCUT2D eigenvalue weighted by Gasteiger charge is 2.24. The fraction of sp³-hybridized carbons (Fsp3) is 0.263. The number of aromatic hydroxyl groups is 1. The fourth-order valence-electron chi connectivity index (χ4n) is 2.62. The number of carbonyl (C=O) groups is 3. The van der Waals surface area contributed by atoms with Crippen LogP contribution in [0.4, 0.5) is 5.69 Å². The number of aromatic amines is 1. The highest BCUT2D eigenvalue weighted by molar-refractivity contribution is 6.35. The highest BCUT2D eigenvalue weighted by atomic mass is 35.5. The number of nitrogen functional groups attached to an aromatic ring is 1. The number of ether oxygens (including phenoxy) is 1. The lowest BCUT2D eigenvalue weighted by Gasteiger charge is -2.20. The first kappa shape index (κ1) is 24.0. The Bertz CT molecular complexity index is 1060. The van der Waals surface area contributed by atoms with E-state index in [0.717, 1.165) is 6.20 Å². The molecule has 31 heavy (non-hydrogen) atoms. The minimum absolute atomic E-state index is 0.0484. The average molecular weight is 471 g/mol. The van der Waals surface area contributed by atoms with Gasteiger partial charge in [-0.05, 0) is 25.1 Å². The number of anilines is 1. The average Bonchev–Trinajstić information content (AvgIpc) is 2.70. The van der Waals surface area contributed by atoms with Gasteiger partial charge >= 0.3 is 5.97 Å². The number of amides is 2. The summed E-state index contributed by atoms with van der Waals surface area (Å²) in [6, 6.07) is 2.81. The number of H-pyrrole nitrogens is 1. The quantitative estimate of drug-likeness (QED) is 0.364. The molecule has 0 aliphatic rings. The van der Waals surface area contributed by atoms with Crippen LogP contribution in [0.25, 0.3) is 0 Å². The number of aromatic nitrogens is 1. The van der Waals surface area contributed by atoms with Crippen LogP contribution in [-0.2, 0) is 14.3 Å². The number of hydrogen-bond donors (Lipinski definition) is 5. The lowest BCUT2D eigenvalue weighted by Crippen LogP contribution is -2.39. The van der Waals surface area contributed by atoms with Crippen molar-refractivity contribution in [3.05, 3.63) is 55.9 Å². The van der Waals surface area contributed by atoms with E-state index < -0.39 is 35.9 Å². The van der Waals surface area contributed by atoms with Crippen LogP contribution in [0.2, 0.25) is 10.0 Å². The summed E-state index contributed by atoms with van der Waals surface area (Å²) in [7, 11) is 0. The number of esters is 1. The van der Waals surface area contributed by atoms with Crippen LogP contribution in [0.15, 0.2) is 29.2 Å². The molecule has 0 fully saturated rings. The van der Waals surface area contributed by atoms with Gasteiger partial charge in [0.05, 0.1) is 41.9 Å². The first-order chi connectivity index (χ1) is 14.6. The summed E-state index contributed by atoms with van der Waals surface area (Å²) in [5.41, 5.74) is 4.92. The predicted octanol–water partition coefficient (Wildman–Crippen LogP) is 1.51. The minimum Gasteiger partial charge on any atom is -0.506 e. The Labute approximate surface area is 186 Å². The van der Waals surface area contributed by atoms with Crippen molar-refractivity contribution in [1.82, 2.24) is 15.6 Å². The molecule has 0 spiro atoms. The highest BCUT2D eigenvalue weighted by Crippen LogP contribution is 2.36. The largest absolute Gasteiger partial charge is 0.506 e. The molecule has 2 aromatic rings. The third kappa shape index (κ3) is 6.63. The summed E-state index contributed by atoms with van der Waals surface area (Å²) in [6.07, 6.45) is 0.843. The minimum atomic E-state index is -1.02. The summed E-state index contributed by atoms with van der Waals surface area (Å²) in [5.74, 6) is -2.31. The standard InChI is InChI=1S/C19H20Cl2N4O6/c1-2-31-16(27)6-14(11-4-10(20)5-12(21)17(11)28)25-15(26)8-24-18(29)9-3-13(22)19(30)23-7-9/h3-5,7,14,28H,2,6,8,22H2,1H3,(H,23,30)(H,24,29)(H,25,26)/t14-/m0/s1. The number of halogens is 2. The molecule has 1 heterocycles. The molecule has 0 saturated carbocycles. The molecule has 166 valence electrons. The van der Waals surface area contributed by atoms with Gasteiger partial charge in [0.2, 0.25) is 5.91 Å². The molecule has 0 aliphatic heterocycles. The third-order valence-electron chi connectivity index (χ3n) is 4.05. The Morgan fingerprint density at radius 1 is 1.26 bits per heavy atom. The van der Waals surface area contributed by atoms with Gasteiger partial charge in [-0.2, -0.15) is 0 Å². The van der Waals surface area contributed by atoms with Gasteiger partial charge in [-0.1, -0.05) is 23.2 Å². The van der Waals surface area contributed by atoms with Crippen LogP contribution < -0.4 is 21.9 Å². The van der Waals surface area contributed by atoms with Crippen molar-refractivity contribution in [3.8, 4) is 5.75 Å².